The number of nitrogens with one attached hydrogen (secondary N) is 1. The van der Waals surface area contributed by atoms with Crippen LogP contribution in [-0.2, 0) is 14.3 Å². The Morgan fingerprint density at radius 2 is 1.62 bits per heavy atom. The first kappa shape index (κ1) is 19.2. The van der Waals surface area contributed by atoms with E-state index in [2.05, 4.69) is 5.32 Å². The summed E-state index contributed by atoms with van der Waals surface area (Å²) in [5.41, 5.74) is -0.664. The molecule has 2 atom stereocenters. The van der Waals surface area contributed by atoms with Crippen LogP contribution in [0.5, 0.6) is 0 Å². The molecule has 0 aromatic heterocycles. The highest BCUT2D eigenvalue weighted by Gasteiger charge is 2.30. The van der Waals surface area contributed by atoms with Crippen LogP contribution in [0.15, 0.2) is 0 Å². The Morgan fingerprint density at radius 1 is 1.14 bits per heavy atom. The number of carboxylic acid groups (broad SMARTS) is 1. The van der Waals surface area contributed by atoms with Crippen molar-refractivity contribution in [2.75, 3.05) is 7.05 Å². The molecule has 0 aliphatic heterocycles. The normalized spacial score (nSPS) is 14.3. The van der Waals surface area contributed by atoms with Crippen molar-refractivity contribution in [2.24, 2.45) is 5.92 Å². The average molecular weight is 302 g/mol. The molecule has 7 heteroatoms. The minimum atomic E-state index is -1.11. The van der Waals surface area contributed by atoms with E-state index in [1.807, 2.05) is 0 Å². The van der Waals surface area contributed by atoms with Gasteiger partial charge in [0, 0.05) is 7.05 Å². The topological polar surface area (TPSA) is 95.9 Å². The summed E-state index contributed by atoms with van der Waals surface area (Å²) in [5, 5.41) is 11.5. The molecule has 0 saturated carbocycles. The Kier molecular flexibility index (Phi) is 6.66. The molecule has 0 aliphatic rings. The third-order valence-corrected chi connectivity index (χ3v) is 2.87. The van der Waals surface area contributed by atoms with Crippen LogP contribution < -0.4 is 5.32 Å². The van der Waals surface area contributed by atoms with Gasteiger partial charge in [-0.15, -0.1) is 0 Å². The number of ether oxygens (including phenoxy) is 1. The van der Waals surface area contributed by atoms with Gasteiger partial charge in [-0.2, -0.15) is 0 Å². The van der Waals surface area contributed by atoms with Gasteiger partial charge in [-0.1, -0.05) is 13.8 Å². The number of carboxylic acids is 1. The van der Waals surface area contributed by atoms with Crippen molar-refractivity contribution in [1.29, 1.82) is 0 Å². The van der Waals surface area contributed by atoms with E-state index in [1.54, 1.807) is 34.6 Å². The molecule has 0 bridgehead atoms. The van der Waals surface area contributed by atoms with Crippen LogP contribution in [0.2, 0.25) is 0 Å². The molecule has 0 radical (unpaired) electrons. The fraction of sp³-hybridized carbons (Fsp3) is 0.786. The van der Waals surface area contributed by atoms with Crippen LogP contribution in [0.4, 0.5) is 4.79 Å². The van der Waals surface area contributed by atoms with Crippen molar-refractivity contribution in [3.63, 3.8) is 0 Å². The average Bonchev–Trinajstić information content (AvgIpc) is 2.30. The van der Waals surface area contributed by atoms with E-state index in [0.717, 1.165) is 4.90 Å². The molecule has 2 N–H and O–H groups in total. The largest absolute Gasteiger partial charge is 0.480 e. The van der Waals surface area contributed by atoms with E-state index in [0.29, 0.717) is 0 Å². The van der Waals surface area contributed by atoms with Crippen LogP contribution in [0.25, 0.3) is 0 Å². The minimum absolute atomic E-state index is 0.259. The van der Waals surface area contributed by atoms with Gasteiger partial charge in [-0.3, -0.25) is 9.69 Å². The fourth-order valence-electron chi connectivity index (χ4n) is 1.46. The van der Waals surface area contributed by atoms with Crippen molar-refractivity contribution in [2.45, 2.75) is 59.2 Å². The number of rotatable bonds is 5. The smallest absolute Gasteiger partial charge is 0.410 e. The molecule has 0 saturated heterocycles. The van der Waals surface area contributed by atoms with Gasteiger partial charge in [0.05, 0.1) is 0 Å². The highest BCUT2D eigenvalue weighted by molar-refractivity contribution is 5.89. The van der Waals surface area contributed by atoms with E-state index >= 15 is 0 Å². The Hall–Kier alpha value is -1.79. The highest BCUT2D eigenvalue weighted by atomic mass is 16.6. The van der Waals surface area contributed by atoms with Gasteiger partial charge in [-0.25, -0.2) is 9.59 Å². The van der Waals surface area contributed by atoms with Crippen molar-refractivity contribution < 1.29 is 24.2 Å². The summed E-state index contributed by atoms with van der Waals surface area (Å²) in [4.78, 5) is 36.1. The summed E-state index contributed by atoms with van der Waals surface area (Å²) in [5.74, 6) is -1.90. The lowest BCUT2D eigenvalue weighted by atomic mass is 10.0. The molecule has 0 aromatic carbocycles. The lowest BCUT2D eigenvalue weighted by molar-refractivity contribution is -0.143. The molecular formula is C14H26N2O5. The first-order chi connectivity index (χ1) is 9.36. The Morgan fingerprint density at radius 3 is 1.95 bits per heavy atom. The van der Waals surface area contributed by atoms with E-state index in [-0.39, 0.29) is 5.92 Å². The van der Waals surface area contributed by atoms with E-state index in [4.69, 9.17) is 9.84 Å². The molecule has 1 unspecified atom stereocenters. The maximum absolute atomic E-state index is 12.0. The molecule has 0 spiro atoms. The summed E-state index contributed by atoms with van der Waals surface area (Å²) < 4.78 is 5.16. The van der Waals surface area contributed by atoms with Gasteiger partial charge in [0.25, 0.3) is 0 Å². The predicted molar refractivity (Wildman–Crippen MR) is 77.9 cm³/mol. The SMILES string of the molecule is CC(C)C(NC(=O)[C@H](C)N(C)C(=O)OC(C)(C)C)C(=O)O. The quantitative estimate of drug-likeness (QED) is 0.801. The summed E-state index contributed by atoms with van der Waals surface area (Å²) in [7, 11) is 1.43. The van der Waals surface area contributed by atoms with Crippen LogP contribution >= 0.6 is 0 Å². The molecule has 0 heterocycles. The van der Waals surface area contributed by atoms with E-state index in [9.17, 15) is 14.4 Å². The zero-order chi connectivity index (χ0) is 17.0. The fourth-order valence-corrected chi connectivity index (χ4v) is 1.46. The third-order valence-electron chi connectivity index (χ3n) is 2.87. The zero-order valence-corrected chi connectivity index (χ0v) is 13.8. The maximum Gasteiger partial charge on any atom is 0.410 e. The number of carbonyl (C=O) groups excluding carboxylic acids is 2. The number of nitrogens with zero attached hydrogens (tertiary/aromatic N) is 1. The second-order valence-corrected chi connectivity index (χ2v) is 6.34. The number of hydrogen-bond acceptors (Lipinski definition) is 4. The second-order valence-electron chi connectivity index (χ2n) is 6.34. The Balaban J connectivity index is 4.77. The number of aliphatic carboxylic acids is 1. The van der Waals surface area contributed by atoms with E-state index in [1.165, 1.54) is 14.0 Å². The molecule has 2 amide bonds. The van der Waals surface area contributed by atoms with Gasteiger partial charge in [0.2, 0.25) is 5.91 Å². The number of hydrogen-bond donors (Lipinski definition) is 2. The maximum atomic E-state index is 12.0. The lowest BCUT2D eigenvalue weighted by Crippen LogP contribution is -2.53. The molecule has 0 aromatic rings. The molecule has 7 nitrogen and oxygen atoms in total. The summed E-state index contributed by atoms with van der Waals surface area (Å²) >= 11 is 0. The predicted octanol–water partition coefficient (Wildman–Crippen LogP) is 1.47. The minimum Gasteiger partial charge on any atom is -0.480 e. The van der Waals surface area contributed by atoms with Crippen LogP contribution in [0.3, 0.4) is 0 Å². The molecular weight excluding hydrogens is 276 g/mol. The standard InChI is InChI=1S/C14H26N2O5/c1-8(2)10(12(18)19)15-11(17)9(3)16(7)13(20)21-14(4,5)6/h8-10H,1-7H3,(H,15,17)(H,18,19)/t9-,10?/m0/s1. The molecule has 122 valence electrons. The summed E-state index contributed by atoms with van der Waals surface area (Å²) in [6.45, 7) is 10.1. The Bertz CT molecular complexity index is 401. The first-order valence-electron chi connectivity index (χ1n) is 6.85. The van der Waals surface area contributed by atoms with Crippen molar-refractivity contribution in [3.8, 4) is 0 Å². The number of likely N-dealkylation sites (N-methyl/N-ethyl adjacent to an activating group) is 1. The first-order valence-corrected chi connectivity index (χ1v) is 6.85. The molecule has 0 rings (SSSR count). The lowest BCUT2D eigenvalue weighted by Gasteiger charge is -2.29. The van der Waals surface area contributed by atoms with Crippen LogP contribution in [0.1, 0.15) is 41.5 Å². The van der Waals surface area contributed by atoms with Crippen molar-refractivity contribution in [3.05, 3.63) is 0 Å². The van der Waals surface area contributed by atoms with Gasteiger partial charge in [-0.05, 0) is 33.6 Å². The van der Waals surface area contributed by atoms with Crippen LogP contribution in [0, 0.1) is 5.92 Å². The van der Waals surface area contributed by atoms with Gasteiger partial charge < -0.3 is 15.2 Å². The van der Waals surface area contributed by atoms with Crippen molar-refractivity contribution >= 4 is 18.0 Å². The molecule has 0 fully saturated rings. The zero-order valence-electron chi connectivity index (χ0n) is 13.8. The highest BCUT2D eigenvalue weighted by Crippen LogP contribution is 2.11. The van der Waals surface area contributed by atoms with Crippen LogP contribution in [-0.4, -0.2) is 52.7 Å². The number of amides is 2. The number of carbonyl (C=O) groups is 3. The van der Waals surface area contributed by atoms with E-state index < -0.39 is 35.7 Å². The third kappa shape index (κ3) is 6.46. The monoisotopic (exact) mass is 302 g/mol. The summed E-state index contributed by atoms with van der Waals surface area (Å²) in [6.07, 6.45) is -0.637. The Labute approximate surface area is 125 Å². The van der Waals surface area contributed by atoms with Gasteiger partial charge in [0.15, 0.2) is 0 Å². The van der Waals surface area contributed by atoms with Gasteiger partial charge in [0.1, 0.15) is 17.7 Å². The second kappa shape index (κ2) is 7.28. The molecule has 21 heavy (non-hydrogen) atoms. The van der Waals surface area contributed by atoms with Gasteiger partial charge >= 0.3 is 12.1 Å². The van der Waals surface area contributed by atoms with Crippen molar-refractivity contribution in [1.82, 2.24) is 10.2 Å². The summed E-state index contributed by atoms with van der Waals surface area (Å²) in [6, 6.07) is -1.83. The molecule has 0 aliphatic carbocycles.